The van der Waals surface area contributed by atoms with E-state index >= 15 is 0 Å². The van der Waals surface area contributed by atoms with Gasteiger partial charge in [0.05, 0.1) is 20.8 Å². The van der Waals surface area contributed by atoms with Crippen LogP contribution in [-0.4, -0.2) is 50.9 Å². The van der Waals surface area contributed by atoms with Crippen LogP contribution in [0.4, 0.5) is 5.69 Å². The molecule has 1 heterocycles. The van der Waals surface area contributed by atoms with E-state index in [0.29, 0.717) is 28.3 Å². The summed E-state index contributed by atoms with van der Waals surface area (Å²) in [4.78, 5) is 27.2. The molecule has 1 amide bonds. The highest BCUT2D eigenvalue weighted by atomic mass is 16.5. The number of hydrogen-bond acceptors (Lipinski definition) is 6. The van der Waals surface area contributed by atoms with Crippen LogP contribution in [0.5, 0.6) is 17.2 Å². The summed E-state index contributed by atoms with van der Waals surface area (Å²) in [6.45, 7) is -0.0886. The number of ether oxygens (including phenoxy) is 3. The maximum absolute atomic E-state index is 12.9. The third-order valence-corrected chi connectivity index (χ3v) is 6.01. The number of hydrogen-bond donors (Lipinski definition) is 2. The van der Waals surface area contributed by atoms with Crippen molar-refractivity contribution in [3.8, 4) is 17.2 Å². The fourth-order valence-corrected chi connectivity index (χ4v) is 4.32. The van der Waals surface area contributed by atoms with Crippen LogP contribution in [0.15, 0.2) is 72.8 Å². The number of carboxylic acid groups (broad SMARTS) is 1. The summed E-state index contributed by atoms with van der Waals surface area (Å²) >= 11 is 0. The molecule has 0 radical (unpaired) electrons. The van der Waals surface area contributed by atoms with Gasteiger partial charge in [-0.25, -0.2) is 4.79 Å². The highest BCUT2D eigenvalue weighted by Crippen LogP contribution is 2.42. The Kier molecular flexibility index (Phi) is 6.43. The highest BCUT2D eigenvalue weighted by Gasteiger charge is 2.51. The number of fused-ring (bicyclic) bond motifs is 1. The monoisotopic (exact) mass is 462 g/mol. The van der Waals surface area contributed by atoms with Gasteiger partial charge in [0.25, 0.3) is 0 Å². The highest BCUT2D eigenvalue weighted by molar-refractivity contribution is 5.97. The molecular weight excluding hydrogens is 436 g/mol. The van der Waals surface area contributed by atoms with Crippen LogP contribution in [0.1, 0.15) is 11.1 Å². The Bertz CT molecular complexity index is 1180. The molecule has 2 atom stereocenters. The van der Waals surface area contributed by atoms with E-state index < -0.39 is 17.6 Å². The number of amides is 1. The lowest BCUT2D eigenvalue weighted by molar-refractivity contribution is -0.149. The third kappa shape index (κ3) is 4.04. The molecule has 176 valence electrons. The first-order valence-electron chi connectivity index (χ1n) is 10.7. The molecule has 3 aromatic carbocycles. The van der Waals surface area contributed by atoms with Gasteiger partial charge in [0.15, 0.2) is 0 Å². The Balaban J connectivity index is 1.96. The maximum atomic E-state index is 12.9. The zero-order chi connectivity index (χ0) is 24.3. The molecule has 0 aliphatic carbocycles. The lowest BCUT2D eigenvalue weighted by Gasteiger charge is -2.40. The van der Waals surface area contributed by atoms with Crippen molar-refractivity contribution in [2.45, 2.75) is 11.6 Å². The van der Waals surface area contributed by atoms with E-state index in [2.05, 4.69) is 5.32 Å². The molecule has 0 aromatic heterocycles. The van der Waals surface area contributed by atoms with E-state index in [4.69, 9.17) is 14.2 Å². The average Bonchev–Trinajstić information content (AvgIpc) is 2.98. The number of carbonyl (C=O) groups excluding carboxylic acids is 1. The van der Waals surface area contributed by atoms with Crippen molar-refractivity contribution >= 4 is 17.6 Å². The summed E-state index contributed by atoms with van der Waals surface area (Å²) in [6.07, 6.45) is -1.45. The van der Waals surface area contributed by atoms with Crippen LogP contribution >= 0.6 is 0 Å². The Morgan fingerprint density at radius 2 is 1.56 bits per heavy atom. The molecule has 1 aliphatic heterocycles. The molecule has 1 aliphatic rings. The molecular formula is C26H26N2O6. The van der Waals surface area contributed by atoms with Gasteiger partial charge in [0, 0.05) is 36.5 Å². The number of para-hydroxylation sites is 1. The summed E-state index contributed by atoms with van der Waals surface area (Å²) in [5.41, 5.74) is 0.462. The zero-order valence-electron chi connectivity index (χ0n) is 19.1. The lowest BCUT2D eigenvalue weighted by Crippen LogP contribution is -2.58. The molecule has 0 saturated heterocycles. The molecule has 8 nitrogen and oxygen atoms in total. The van der Waals surface area contributed by atoms with Crippen molar-refractivity contribution in [1.29, 1.82) is 0 Å². The predicted molar refractivity (Wildman–Crippen MR) is 127 cm³/mol. The molecule has 34 heavy (non-hydrogen) atoms. The molecule has 4 rings (SSSR count). The summed E-state index contributed by atoms with van der Waals surface area (Å²) in [5.74, 6) is -0.239. The number of nitrogens with zero attached hydrogens (tertiary/aromatic N) is 1. The number of rotatable bonds is 7. The van der Waals surface area contributed by atoms with Crippen LogP contribution in [0, 0.1) is 0 Å². The summed E-state index contributed by atoms with van der Waals surface area (Å²) in [6, 6.07) is 21.2. The van der Waals surface area contributed by atoms with E-state index in [9.17, 15) is 14.7 Å². The van der Waals surface area contributed by atoms with Gasteiger partial charge in [-0.05, 0) is 11.6 Å². The first-order chi connectivity index (χ1) is 16.4. The summed E-state index contributed by atoms with van der Waals surface area (Å²) < 4.78 is 16.8. The van der Waals surface area contributed by atoms with E-state index in [1.54, 1.807) is 31.3 Å². The van der Waals surface area contributed by atoms with Gasteiger partial charge in [-0.1, -0.05) is 48.5 Å². The largest absolute Gasteiger partial charge is 0.496 e. The van der Waals surface area contributed by atoms with Crippen LogP contribution < -0.4 is 24.4 Å². The molecule has 8 heteroatoms. The van der Waals surface area contributed by atoms with E-state index in [1.807, 2.05) is 48.5 Å². The normalized spacial score (nSPS) is 18.4. The Morgan fingerprint density at radius 1 is 0.971 bits per heavy atom. The SMILES string of the molecule is COc1cc(OC)cc(OC(C(=O)O)[C@@]2(c3ccccc3)NCC(=O)N(C)c3ccccc32)c1. The minimum atomic E-state index is -1.45. The Hall–Kier alpha value is -4.04. The maximum Gasteiger partial charge on any atom is 0.347 e. The van der Waals surface area contributed by atoms with Crippen molar-refractivity contribution < 1.29 is 28.9 Å². The predicted octanol–water partition coefficient (Wildman–Crippen LogP) is 3.05. The number of nitrogens with one attached hydrogen (secondary N) is 1. The molecule has 3 aromatic rings. The molecule has 1 unspecified atom stereocenters. The lowest BCUT2D eigenvalue weighted by atomic mass is 9.77. The van der Waals surface area contributed by atoms with Crippen LogP contribution in [0.2, 0.25) is 0 Å². The third-order valence-electron chi connectivity index (χ3n) is 6.01. The Morgan fingerprint density at radius 3 is 2.18 bits per heavy atom. The van der Waals surface area contributed by atoms with Crippen molar-refractivity contribution in [3.63, 3.8) is 0 Å². The number of aliphatic carboxylic acids is 1. The average molecular weight is 463 g/mol. The van der Waals surface area contributed by atoms with Gasteiger partial charge in [-0.3, -0.25) is 10.1 Å². The Labute approximate surface area is 197 Å². The smallest absolute Gasteiger partial charge is 0.347 e. The number of benzene rings is 3. The molecule has 0 bridgehead atoms. The molecule has 0 spiro atoms. The van der Waals surface area contributed by atoms with Crippen molar-refractivity contribution in [1.82, 2.24) is 5.32 Å². The van der Waals surface area contributed by atoms with Crippen LogP contribution in [0.3, 0.4) is 0 Å². The van der Waals surface area contributed by atoms with Crippen LogP contribution in [0.25, 0.3) is 0 Å². The topological polar surface area (TPSA) is 97.3 Å². The zero-order valence-corrected chi connectivity index (χ0v) is 19.1. The van der Waals surface area contributed by atoms with Crippen LogP contribution in [-0.2, 0) is 15.1 Å². The summed E-state index contributed by atoms with van der Waals surface area (Å²) in [7, 11) is 4.68. The fraction of sp³-hybridized carbons (Fsp3) is 0.231. The van der Waals surface area contributed by atoms with Gasteiger partial charge < -0.3 is 24.2 Å². The van der Waals surface area contributed by atoms with Gasteiger partial charge in [0.1, 0.15) is 22.8 Å². The molecule has 0 saturated carbocycles. The molecule has 2 N–H and O–H groups in total. The quantitative estimate of drug-likeness (QED) is 0.557. The number of anilines is 1. The number of methoxy groups -OCH3 is 2. The van der Waals surface area contributed by atoms with Gasteiger partial charge in [0.2, 0.25) is 12.0 Å². The van der Waals surface area contributed by atoms with E-state index in [-0.39, 0.29) is 18.2 Å². The van der Waals surface area contributed by atoms with Gasteiger partial charge in [-0.15, -0.1) is 0 Å². The van der Waals surface area contributed by atoms with Crippen molar-refractivity contribution in [3.05, 3.63) is 83.9 Å². The van der Waals surface area contributed by atoms with Crippen molar-refractivity contribution in [2.24, 2.45) is 0 Å². The number of likely N-dealkylation sites (N-methyl/N-ethyl adjacent to an activating group) is 1. The van der Waals surface area contributed by atoms with E-state index in [0.717, 1.165) is 0 Å². The number of carbonyl (C=O) groups is 2. The summed E-state index contributed by atoms with van der Waals surface area (Å²) in [5, 5.41) is 13.7. The van der Waals surface area contributed by atoms with Gasteiger partial charge in [-0.2, -0.15) is 0 Å². The second-order valence-electron chi connectivity index (χ2n) is 7.88. The first-order valence-corrected chi connectivity index (χ1v) is 10.7. The minimum Gasteiger partial charge on any atom is -0.496 e. The van der Waals surface area contributed by atoms with Gasteiger partial charge >= 0.3 is 5.97 Å². The van der Waals surface area contributed by atoms with Crippen molar-refractivity contribution in [2.75, 3.05) is 32.7 Å². The standard InChI is InChI=1S/C26H26N2O6/c1-28-22-12-8-7-11-21(22)26(27-16-23(28)29,17-9-5-4-6-10-17)24(25(30)31)34-20-14-18(32-2)13-19(15-20)33-3/h4-15,24,27H,16H2,1-3H3,(H,30,31)/t24?,26-/m0/s1. The minimum absolute atomic E-state index is 0.0886. The van der Waals surface area contributed by atoms with E-state index in [1.165, 1.54) is 19.1 Å². The first kappa shape index (κ1) is 23.1. The number of carboxylic acids is 1. The second kappa shape index (κ2) is 9.44. The molecule has 0 fully saturated rings. The fourth-order valence-electron chi connectivity index (χ4n) is 4.32. The second-order valence-corrected chi connectivity index (χ2v) is 7.88.